The summed E-state index contributed by atoms with van der Waals surface area (Å²) in [5, 5.41) is 7.58. The molecule has 0 aliphatic carbocycles. The second kappa shape index (κ2) is 13.1. The molecule has 1 aromatic rings. The zero-order chi connectivity index (χ0) is 18.0. The molecule has 0 bridgehead atoms. The minimum absolute atomic E-state index is 0. The van der Waals surface area contributed by atoms with Gasteiger partial charge in [0.15, 0.2) is 5.96 Å². The molecule has 4 nitrogen and oxygen atoms in total. The van der Waals surface area contributed by atoms with Crippen molar-refractivity contribution in [2.24, 2.45) is 4.99 Å². The van der Waals surface area contributed by atoms with Gasteiger partial charge in [-0.1, -0.05) is 30.7 Å². The second-order valence-electron chi connectivity index (χ2n) is 6.23. The van der Waals surface area contributed by atoms with E-state index in [1.54, 1.807) is 0 Å². The smallest absolute Gasteiger partial charge is 0.191 e. The number of nitrogens with one attached hydrogen (secondary N) is 2. The quantitative estimate of drug-likeness (QED) is 0.309. The van der Waals surface area contributed by atoms with Crippen LogP contribution in [0.1, 0.15) is 32.3 Å². The molecule has 0 spiro atoms. The van der Waals surface area contributed by atoms with Gasteiger partial charge in [-0.3, -0.25) is 4.99 Å². The Balaban J connectivity index is 0.00000338. The molecule has 0 saturated carbocycles. The largest absolute Gasteiger partial charge is 0.381 e. The van der Waals surface area contributed by atoms with Gasteiger partial charge in [-0.15, -0.1) is 24.0 Å². The predicted molar refractivity (Wildman–Crippen MR) is 125 cm³/mol. The summed E-state index contributed by atoms with van der Waals surface area (Å²) >= 11 is 7.96. The Morgan fingerprint density at radius 2 is 1.88 bits per heavy atom. The Morgan fingerprint density at radius 1 is 1.19 bits per heavy atom. The van der Waals surface area contributed by atoms with E-state index in [9.17, 15) is 0 Å². The molecule has 1 aliphatic rings. The van der Waals surface area contributed by atoms with Crippen molar-refractivity contribution >= 4 is 53.3 Å². The van der Waals surface area contributed by atoms with E-state index < -0.39 is 0 Å². The third-order valence-corrected chi connectivity index (χ3v) is 6.03. The Hall–Kier alpha value is -0.180. The van der Waals surface area contributed by atoms with Gasteiger partial charge in [0.1, 0.15) is 0 Å². The highest BCUT2D eigenvalue weighted by molar-refractivity contribution is 14.0. The molecular formula is C19H31ClIN3OS. The summed E-state index contributed by atoms with van der Waals surface area (Å²) in [4.78, 5) is 4.87. The standard InChI is InChI=1S/C19H30ClN3OS.HI/c1-3-21-18(22-12-9-16-5-7-17(20)8-6-16)23-15-19(25-4-2)10-13-24-14-11-19;/h5-8H,3-4,9-15H2,1-2H3,(H2,21,22,23);1H. The third kappa shape index (κ3) is 8.23. The van der Waals surface area contributed by atoms with E-state index in [0.717, 1.165) is 68.8 Å². The highest BCUT2D eigenvalue weighted by Gasteiger charge is 2.32. The Labute approximate surface area is 184 Å². The number of guanidine groups is 1. The number of hydrogen-bond donors (Lipinski definition) is 2. The van der Waals surface area contributed by atoms with E-state index >= 15 is 0 Å². The SMILES string of the molecule is CCNC(=NCC1(SCC)CCOCC1)NCCc1ccc(Cl)cc1.I. The Bertz CT molecular complexity index is 531. The maximum atomic E-state index is 5.94. The molecule has 148 valence electrons. The lowest BCUT2D eigenvalue weighted by atomic mass is 9.99. The molecule has 1 saturated heterocycles. The van der Waals surface area contributed by atoms with E-state index in [1.165, 1.54) is 5.56 Å². The normalized spacial score (nSPS) is 16.7. The Morgan fingerprint density at radius 3 is 2.50 bits per heavy atom. The van der Waals surface area contributed by atoms with Crippen LogP contribution in [0, 0.1) is 0 Å². The van der Waals surface area contributed by atoms with Crippen molar-refractivity contribution in [3.8, 4) is 0 Å². The first-order chi connectivity index (χ1) is 12.2. The van der Waals surface area contributed by atoms with Gasteiger partial charge in [-0.05, 0) is 49.6 Å². The molecule has 0 atom stereocenters. The number of benzene rings is 1. The van der Waals surface area contributed by atoms with E-state index in [0.29, 0.717) is 0 Å². The number of halogens is 2. The summed E-state index contributed by atoms with van der Waals surface area (Å²) in [5.74, 6) is 2.02. The highest BCUT2D eigenvalue weighted by Crippen LogP contribution is 2.35. The zero-order valence-electron chi connectivity index (χ0n) is 15.7. The molecule has 7 heteroatoms. The lowest BCUT2D eigenvalue weighted by molar-refractivity contribution is 0.0793. The van der Waals surface area contributed by atoms with Crippen LogP contribution in [0.3, 0.4) is 0 Å². The summed E-state index contributed by atoms with van der Waals surface area (Å²) in [6.07, 6.45) is 3.11. The summed E-state index contributed by atoms with van der Waals surface area (Å²) in [6.45, 7) is 8.58. The molecule has 0 unspecified atom stereocenters. The van der Waals surface area contributed by atoms with Crippen LogP contribution in [0.25, 0.3) is 0 Å². The fourth-order valence-corrected chi connectivity index (χ4v) is 4.29. The fraction of sp³-hybridized carbons (Fsp3) is 0.632. The van der Waals surface area contributed by atoms with Crippen molar-refractivity contribution in [1.82, 2.24) is 10.6 Å². The highest BCUT2D eigenvalue weighted by atomic mass is 127. The van der Waals surface area contributed by atoms with E-state index in [-0.39, 0.29) is 28.7 Å². The van der Waals surface area contributed by atoms with Crippen LogP contribution in [-0.4, -0.2) is 49.3 Å². The van der Waals surface area contributed by atoms with Crippen molar-refractivity contribution in [3.05, 3.63) is 34.9 Å². The number of rotatable bonds is 8. The topological polar surface area (TPSA) is 45.7 Å². The minimum atomic E-state index is 0. The molecule has 1 aromatic carbocycles. The van der Waals surface area contributed by atoms with Crippen molar-refractivity contribution in [3.63, 3.8) is 0 Å². The number of ether oxygens (including phenoxy) is 1. The van der Waals surface area contributed by atoms with Crippen LogP contribution >= 0.6 is 47.3 Å². The summed E-state index contributed by atoms with van der Waals surface area (Å²) in [7, 11) is 0. The van der Waals surface area contributed by atoms with Crippen molar-refractivity contribution in [1.29, 1.82) is 0 Å². The molecule has 1 fully saturated rings. The predicted octanol–water partition coefficient (Wildman–Crippen LogP) is 4.36. The van der Waals surface area contributed by atoms with Gasteiger partial charge in [-0.2, -0.15) is 11.8 Å². The van der Waals surface area contributed by atoms with Gasteiger partial charge < -0.3 is 15.4 Å². The van der Waals surface area contributed by atoms with Gasteiger partial charge in [0, 0.05) is 36.1 Å². The lowest BCUT2D eigenvalue weighted by Crippen LogP contribution is -2.41. The maximum absolute atomic E-state index is 5.94. The molecule has 1 heterocycles. The molecule has 0 aromatic heterocycles. The average molecular weight is 512 g/mol. The first-order valence-electron chi connectivity index (χ1n) is 9.16. The Kier molecular flexibility index (Phi) is 12.0. The summed E-state index contributed by atoms with van der Waals surface area (Å²) < 4.78 is 5.77. The number of nitrogens with zero attached hydrogens (tertiary/aromatic N) is 1. The van der Waals surface area contributed by atoms with Crippen LogP contribution < -0.4 is 10.6 Å². The van der Waals surface area contributed by atoms with Crippen molar-refractivity contribution < 1.29 is 4.74 Å². The first-order valence-corrected chi connectivity index (χ1v) is 10.5. The maximum Gasteiger partial charge on any atom is 0.191 e. The molecular weight excluding hydrogens is 481 g/mol. The van der Waals surface area contributed by atoms with Crippen LogP contribution in [0.15, 0.2) is 29.3 Å². The summed E-state index contributed by atoms with van der Waals surface area (Å²) in [6, 6.07) is 8.02. The lowest BCUT2D eigenvalue weighted by Gasteiger charge is -2.35. The second-order valence-corrected chi connectivity index (χ2v) is 8.40. The molecule has 2 N–H and O–H groups in total. The van der Waals surface area contributed by atoms with Gasteiger partial charge in [-0.25, -0.2) is 0 Å². The van der Waals surface area contributed by atoms with Crippen LogP contribution in [0.5, 0.6) is 0 Å². The third-order valence-electron chi connectivity index (χ3n) is 4.34. The molecule has 1 aliphatic heterocycles. The van der Waals surface area contributed by atoms with Crippen LogP contribution in [0.4, 0.5) is 0 Å². The first kappa shape index (κ1) is 23.9. The number of thioether (sulfide) groups is 1. The van der Waals surface area contributed by atoms with E-state index in [2.05, 4.69) is 36.6 Å². The van der Waals surface area contributed by atoms with Crippen molar-refractivity contribution in [2.75, 3.05) is 38.6 Å². The van der Waals surface area contributed by atoms with E-state index in [1.807, 2.05) is 23.9 Å². The molecule has 26 heavy (non-hydrogen) atoms. The number of aliphatic imine (C=N–C) groups is 1. The van der Waals surface area contributed by atoms with Gasteiger partial charge in [0.2, 0.25) is 0 Å². The van der Waals surface area contributed by atoms with Crippen LogP contribution in [0.2, 0.25) is 5.02 Å². The summed E-state index contributed by atoms with van der Waals surface area (Å²) in [5.41, 5.74) is 1.27. The van der Waals surface area contributed by atoms with E-state index in [4.69, 9.17) is 21.3 Å². The molecule has 0 radical (unpaired) electrons. The number of hydrogen-bond acceptors (Lipinski definition) is 3. The van der Waals surface area contributed by atoms with Gasteiger partial charge >= 0.3 is 0 Å². The average Bonchev–Trinajstić information content (AvgIpc) is 2.62. The fourth-order valence-electron chi connectivity index (χ4n) is 2.94. The van der Waals surface area contributed by atoms with Gasteiger partial charge in [0.25, 0.3) is 0 Å². The van der Waals surface area contributed by atoms with Crippen LogP contribution in [-0.2, 0) is 11.2 Å². The van der Waals surface area contributed by atoms with Gasteiger partial charge in [0.05, 0.1) is 6.54 Å². The molecule has 2 rings (SSSR count). The monoisotopic (exact) mass is 511 g/mol. The van der Waals surface area contributed by atoms with Crippen molar-refractivity contribution in [2.45, 2.75) is 37.9 Å². The molecule has 0 amide bonds. The minimum Gasteiger partial charge on any atom is -0.381 e. The zero-order valence-corrected chi connectivity index (χ0v) is 19.6.